The number of nitrogens with zero attached hydrogens (tertiary/aromatic N) is 6. The molecule has 0 bridgehead atoms. The van der Waals surface area contributed by atoms with Gasteiger partial charge in [0.15, 0.2) is 5.82 Å². The Kier molecular flexibility index (Phi) is 7.12. The Bertz CT molecular complexity index is 737. The van der Waals surface area contributed by atoms with Gasteiger partial charge in [0, 0.05) is 14.1 Å². The fraction of sp³-hybridized carbons (Fsp3) is 0.611. The first-order chi connectivity index (χ1) is 12.8. The van der Waals surface area contributed by atoms with Gasteiger partial charge in [-0.25, -0.2) is 4.98 Å². The minimum absolute atomic E-state index is 0.175. The van der Waals surface area contributed by atoms with Crippen LogP contribution in [0.1, 0.15) is 33.6 Å². The number of hydrogen-bond donors (Lipinski definition) is 0. The number of aromatic nitrogens is 2. The summed E-state index contributed by atoms with van der Waals surface area (Å²) in [7, 11) is 3.71. The summed E-state index contributed by atoms with van der Waals surface area (Å²) < 4.78 is 5.88. The molecule has 0 aromatic carbocycles. The molecular weight excluding hydrogens is 368 g/mol. The van der Waals surface area contributed by atoms with Gasteiger partial charge in [0.05, 0.1) is 18.8 Å². The largest absolute Gasteiger partial charge is 0.476 e. The van der Waals surface area contributed by atoms with E-state index in [1.165, 1.54) is 6.33 Å². The molecule has 0 saturated heterocycles. The summed E-state index contributed by atoms with van der Waals surface area (Å²) >= 11 is 5.91. The van der Waals surface area contributed by atoms with E-state index in [-0.39, 0.29) is 18.3 Å². The summed E-state index contributed by atoms with van der Waals surface area (Å²) in [5, 5.41) is 8.41. The Morgan fingerprint density at radius 3 is 2.63 bits per heavy atom. The van der Waals surface area contributed by atoms with E-state index in [1.54, 1.807) is 4.90 Å². The summed E-state index contributed by atoms with van der Waals surface area (Å²) in [5.41, 5.74) is 0.664. The lowest BCUT2D eigenvalue weighted by molar-refractivity contribution is -0.116. The first-order valence-electron chi connectivity index (χ1n) is 8.95. The Balaban J connectivity index is 2.49. The third-order valence-electron chi connectivity index (χ3n) is 4.05. The molecule has 1 unspecified atom stereocenters. The standard InChI is InChI=1S/C18H27ClN6O2/c1-6-7-8-27-17-15(16(24(4)5)20-12-21-17)25(14(26)10-19)11-18(3)9-13(2)22-23-18/h9,12H,6-8,10-11H2,1-5H3. The zero-order valence-electron chi connectivity index (χ0n) is 16.6. The van der Waals surface area contributed by atoms with E-state index < -0.39 is 5.54 Å². The number of unbranched alkanes of at least 4 members (excludes halogenated alkanes) is 1. The number of carbonyl (C=O) groups excluding carboxylic acids is 1. The fourth-order valence-corrected chi connectivity index (χ4v) is 2.94. The van der Waals surface area contributed by atoms with Crippen molar-refractivity contribution in [1.29, 1.82) is 0 Å². The zero-order valence-corrected chi connectivity index (χ0v) is 17.3. The molecule has 0 N–H and O–H groups in total. The van der Waals surface area contributed by atoms with Crippen LogP contribution >= 0.6 is 11.6 Å². The van der Waals surface area contributed by atoms with Crippen LogP contribution in [0, 0.1) is 0 Å². The van der Waals surface area contributed by atoms with Crippen molar-refractivity contribution < 1.29 is 9.53 Å². The molecule has 1 amide bonds. The molecular formula is C18H27ClN6O2. The molecule has 0 spiro atoms. The van der Waals surface area contributed by atoms with Gasteiger partial charge in [-0.2, -0.15) is 15.2 Å². The molecule has 1 aromatic heterocycles. The molecule has 27 heavy (non-hydrogen) atoms. The molecule has 9 heteroatoms. The van der Waals surface area contributed by atoms with Gasteiger partial charge < -0.3 is 14.5 Å². The van der Waals surface area contributed by atoms with Crippen molar-refractivity contribution in [3.63, 3.8) is 0 Å². The van der Waals surface area contributed by atoms with Crippen molar-refractivity contribution in [2.24, 2.45) is 10.2 Å². The number of anilines is 2. The summed E-state index contributed by atoms with van der Waals surface area (Å²) in [6.45, 7) is 6.64. The highest BCUT2D eigenvalue weighted by Crippen LogP contribution is 2.37. The first-order valence-corrected chi connectivity index (χ1v) is 9.48. The molecule has 1 aliphatic rings. The predicted molar refractivity (Wildman–Crippen MR) is 107 cm³/mol. The van der Waals surface area contributed by atoms with Gasteiger partial charge in [-0.3, -0.25) is 4.79 Å². The number of allylic oxidation sites excluding steroid dienone is 1. The van der Waals surface area contributed by atoms with E-state index in [1.807, 2.05) is 38.9 Å². The lowest BCUT2D eigenvalue weighted by Gasteiger charge is -2.31. The second-order valence-electron chi connectivity index (χ2n) is 6.90. The van der Waals surface area contributed by atoms with E-state index in [0.717, 1.165) is 18.5 Å². The lowest BCUT2D eigenvalue weighted by Crippen LogP contribution is -2.43. The van der Waals surface area contributed by atoms with Gasteiger partial charge in [0.1, 0.15) is 23.4 Å². The summed E-state index contributed by atoms with van der Waals surface area (Å²) in [4.78, 5) is 24.7. The number of ether oxygens (including phenoxy) is 1. The maximum absolute atomic E-state index is 12.8. The minimum Gasteiger partial charge on any atom is -0.476 e. The molecule has 0 saturated carbocycles. The maximum Gasteiger partial charge on any atom is 0.243 e. The number of hydrogen-bond acceptors (Lipinski definition) is 7. The van der Waals surface area contributed by atoms with Crippen LogP contribution in [0.3, 0.4) is 0 Å². The molecule has 2 heterocycles. The molecule has 1 aliphatic heterocycles. The summed E-state index contributed by atoms with van der Waals surface area (Å²) in [6, 6.07) is 0. The van der Waals surface area contributed by atoms with Gasteiger partial charge in [0.25, 0.3) is 0 Å². The number of rotatable bonds is 9. The third-order valence-corrected chi connectivity index (χ3v) is 4.28. The highest BCUT2D eigenvalue weighted by molar-refractivity contribution is 6.29. The molecule has 0 aliphatic carbocycles. The van der Waals surface area contributed by atoms with Gasteiger partial charge in [-0.15, -0.1) is 11.6 Å². The van der Waals surface area contributed by atoms with Gasteiger partial charge in [-0.1, -0.05) is 13.3 Å². The fourth-order valence-electron chi connectivity index (χ4n) is 2.80. The van der Waals surface area contributed by atoms with Crippen LogP contribution in [0.15, 0.2) is 28.3 Å². The molecule has 0 radical (unpaired) electrons. The van der Waals surface area contributed by atoms with Gasteiger partial charge in [0.2, 0.25) is 11.8 Å². The zero-order chi connectivity index (χ0) is 20.0. The number of amides is 1. The van der Waals surface area contributed by atoms with Crippen LogP contribution in [0.5, 0.6) is 5.88 Å². The second kappa shape index (κ2) is 9.12. The van der Waals surface area contributed by atoms with Crippen LogP contribution in [-0.4, -0.2) is 54.5 Å². The van der Waals surface area contributed by atoms with Crippen LogP contribution in [0.4, 0.5) is 11.5 Å². The van der Waals surface area contributed by atoms with Crippen molar-refractivity contribution in [3.05, 3.63) is 18.1 Å². The Labute approximate surface area is 165 Å². The first kappa shape index (κ1) is 21.1. The van der Waals surface area contributed by atoms with E-state index in [4.69, 9.17) is 16.3 Å². The van der Waals surface area contributed by atoms with Crippen molar-refractivity contribution in [1.82, 2.24) is 9.97 Å². The summed E-state index contributed by atoms with van der Waals surface area (Å²) in [6.07, 6.45) is 5.24. The number of carbonyl (C=O) groups is 1. The second-order valence-corrected chi connectivity index (χ2v) is 7.17. The third kappa shape index (κ3) is 5.15. The minimum atomic E-state index is -0.647. The van der Waals surface area contributed by atoms with Crippen molar-refractivity contribution in [2.75, 3.05) is 42.9 Å². The highest BCUT2D eigenvalue weighted by Gasteiger charge is 2.34. The molecule has 1 aromatic rings. The molecule has 0 fully saturated rings. The van der Waals surface area contributed by atoms with E-state index >= 15 is 0 Å². The monoisotopic (exact) mass is 394 g/mol. The molecule has 2 rings (SSSR count). The number of alkyl halides is 1. The quantitative estimate of drug-likeness (QED) is 0.473. The van der Waals surface area contributed by atoms with Crippen LogP contribution in [-0.2, 0) is 4.79 Å². The maximum atomic E-state index is 12.8. The SMILES string of the molecule is CCCCOc1ncnc(N(C)C)c1N(CC1(C)C=C(C)N=N1)C(=O)CCl. The van der Waals surface area contributed by atoms with Gasteiger partial charge in [-0.05, 0) is 26.3 Å². The van der Waals surface area contributed by atoms with Crippen LogP contribution in [0.2, 0.25) is 0 Å². The summed E-state index contributed by atoms with van der Waals surface area (Å²) in [5.74, 6) is 0.491. The van der Waals surface area contributed by atoms with Gasteiger partial charge >= 0.3 is 0 Å². The molecule has 8 nitrogen and oxygen atoms in total. The van der Waals surface area contributed by atoms with E-state index in [0.29, 0.717) is 24.0 Å². The molecule has 1 atom stereocenters. The van der Waals surface area contributed by atoms with Crippen LogP contribution in [0.25, 0.3) is 0 Å². The smallest absolute Gasteiger partial charge is 0.243 e. The number of halogens is 1. The Morgan fingerprint density at radius 2 is 2.07 bits per heavy atom. The Hall–Kier alpha value is -2.22. The van der Waals surface area contributed by atoms with Crippen LogP contribution < -0.4 is 14.5 Å². The van der Waals surface area contributed by atoms with E-state index in [9.17, 15) is 4.79 Å². The average Bonchev–Trinajstić information content (AvgIpc) is 2.98. The van der Waals surface area contributed by atoms with Crippen molar-refractivity contribution >= 4 is 29.0 Å². The highest BCUT2D eigenvalue weighted by atomic mass is 35.5. The Morgan fingerprint density at radius 1 is 1.33 bits per heavy atom. The lowest BCUT2D eigenvalue weighted by atomic mass is 10.0. The van der Waals surface area contributed by atoms with Crippen molar-refractivity contribution in [2.45, 2.75) is 39.2 Å². The number of azo groups is 1. The normalized spacial score (nSPS) is 18.4. The molecule has 148 valence electrons. The van der Waals surface area contributed by atoms with E-state index in [2.05, 4.69) is 27.1 Å². The topological polar surface area (TPSA) is 83.3 Å². The average molecular weight is 395 g/mol. The predicted octanol–water partition coefficient (Wildman–Crippen LogP) is 3.42. The van der Waals surface area contributed by atoms with Crippen molar-refractivity contribution in [3.8, 4) is 5.88 Å².